The molecule has 0 amide bonds. The van der Waals surface area contributed by atoms with E-state index in [-0.39, 0.29) is 11.6 Å². The topological polar surface area (TPSA) is 102 Å². The summed E-state index contributed by atoms with van der Waals surface area (Å²) in [5.74, 6) is 0.643. The number of fused-ring (bicyclic) bond motifs is 1. The quantitative estimate of drug-likeness (QED) is 0.271. The highest BCUT2D eigenvalue weighted by Crippen LogP contribution is 2.41. The lowest BCUT2D eigenvalue weighted by Crippen LogP contribution is -2.44. The molecule has 38 heavy (non-hydrogen) atoms. The lowest BCUT2D eigenvalue weighted by atomic mass is 10.1. The molecule has 200 valence electrons. The Kier molecular flexibility index (Phi) is 7.14. The Morgan fingerprint density at radius 1 is 0.974 bits per heavy atom. The first-order chi connectivity index (χ1) is 18.1. The van der Waals surface area contributed by atoms with Crippen molar-refractivity contribution in [2.24, 2.45) is 0 Å². The summed E-state index contributed by atoms with van der Waals surface area (Å²) in [6, 6.07) is 19.8. The van der Waals surface area contributed by atoms with Crippen LogP contribution in [0.4, 0.5) is 11.5 Å². The second kappa shape index (κ2) is 10.2. The van der Waals surface area contributed by atoms with Crippen LogP contribution in [0.15, 0.2) is 73.2 Å². The van der Waals surface area contributed by atoms with Gasteiger partial charge in [0.15, 0.2) is 14.5 Å². The van der Waals surface area contributed by atoms with Gasteiger partial charge in [-0.15, -0.1) is 0 Å². The van der Waals surface area contributed by atoms with E-state index in [9.17, 15) is 10.2 Å². The van der Waals surface area contributed by atoms with Crippen molar-refractivity contribution in [3.05, 3.63) is 73.2 Å². The van der Waals surface area contributed by atoms with Gasteiger partial charge in [0.05, 0.1) is 12.0 Å². The van der Waals surface area contributed by atoms with E-state index in [1.54, 1.807) is 4.57 Å². The molecule has 0 radical (unpaired) electrons. The van der Waals surface area contributed by atoms with Crippen LogP contribution < -0.4 is 5.32 Å². The maximum Gasteiger partial charge on any atom is 0.192 e. The SMILES string of the molecule is CC(C)(C)[Si](C)(C)OC[C@@H]1O[C@@H](n2cc(-c3ccccc3)c3c(Nc4ccccc4)ncnc32)[C@H](O)[C@@H]1O. The van der Waals surface area contributed by atoms with Crippen LogP contribution in [0.25, 0.3) is 22.2 Å². The summed E-state index contributed by atoms with van der Waals surface area (Å²) in [5.41, 5.74) is 3.37. The van der Waals surface area contributed by atoms with E-state index in [0.29, 0.717) is 11.5 Å². The number of anilines is 2. The molecule has 1 saturated heterocycles. The van der Waals surface area contributed by atoms with E-state index >= 15 is 0 Å². The van der Waals surface area contributed by atoms with Crippen LogP contribution >= 0.6 is 0 Å². The van der Waals surface area contributed by atoms with Gasteiger partial charge >= 0.3 is 0 Å². The fourth-order valence-corrected chi connectivity index (χ4v) is 5.49. The third-order valence-electron chi connectivity index (χ3n) is 7.76. The minimum absolute atomic E-state index is 0.0227. The summed E-state index contributed by atoms with van der Waals surface area (Å²) < 4.78 is 14.4. The highest BCUT2D eigenvalue weighted by molar-refractivity contribution is 6.74. The maximum absolute atomic E-state index is 11.1. The average molecular weight is 533 g/mol. The van der Waals surface area contributed by atoms with Gasteiger partial charge in [-0.1, -0.05) is 69.3 Å². The van der Waals surface area contributed by atoms with Crippen LogP contribution in [0.3, 0.4) is 0 Å². The third-order valence-corrected chi connectivity index (χ3v) is 12.3. The molecule has 1 aliphatic heterocycles. The zero-order valence-corrected chi connectivity index (χ0v) is 23.5. The Morgan fingerprint density at radius 3 is 2.29 bits per heavy atom. The van der Waals surface area contributed by atoms with E-state index in [1.165, 1.54) is 6.33 Å². The number of nitrogens with zero attached hydrogens (tertiary/aromatic N) is 3. The summed E-state index contributed by atoms with van der Waals surface area (Å²) in [6.07, 6.45) is -0.325. The van der Waals surface area contributed by atoms with Crippen molar-refractivity contribution >= 4 is 30.9 Å². The van der Waals surface area contributed by atoms with Gasteiger partial charge in [0.25, 0.3) is 0 Å². The number of aliphatic hydroxyl groups is 2. The van der Waals surface area contributed by atoms with Gasteiger partial charge in [0.2, 0.25) is 0 Å². The van der Waals surface area contributed by atoms with Gasteiger partial charge < -0.3 is 29.3 Å². The lowest BCUT2D eigenvalue weighted by Gasteiger charge is -2.37. The van der Waals surface area contributed by atoms with Gasteiger partial charge in [-0.25, -0.2) is 9.97 Å². The van der Waals surface area contributed by atoms with Gasteiger partial charge in [0.1, 0.15) is 36.1 Å². The van der Waals surface area contributed by atoms with Crippen molar-refractivity contribution < 1.29 is 19.4 Å². The van der Waals surface area contributed by atoms with Crippen molar-refractivity contribution in [1.29, 1.82) is 0 Å². The highest BCUT2D eigenvalue weighted by Gasteiger charge is 2.46. The molecule has 5 rings (SSSR count). The van der Waals surface area contributed by atoms with Crippen molar-refractivity contribution in [2.75, 3.05) is 11.9 Å². The van der Waals surface area contributed by atoms with Gasteiger partial charge in [-0.3, -0.25) is 0 Å². The first-order valence-electron chi connectivity index (χ1n) is 13.0. The molecular formula is C29H36N4O4Si. The van der Waals surface area contributed by atoms with Gasteiger partial charge in [0, 0.05) is 17.4 Å². The summed E-state index contributed by atoms with van der Waals surface area (Å²) in [4.78, 5) is 9.14. The number of para-hydroxylation sites is 1. The second-order valence-electron chi connectivity index (χ2n) is 11.3. The number of ether oxygens (including phenoxy) is 1. The van der Waals surface area contributed by atoms with E-state index in [1.807, 2.05) is 66.9 Å². The van der Waals surface area contributed by atoms with E-state index < -0.39 is 32.9 Å². The first kappa shape index (κ1) is 26.5. The van der Waals surface area contributed by atoms with Crippen molar-refractivity contribution in [3.63, 3.8) is 0 Å². The van der Waals surface area contributed by atoms with Gasteiger partial charge in [-0.2, -0.15) is 0 Å². The van der Waals surface area contributed by atoms with Crippen LogP contribution in [-0.2, 0) is 9.16 Å². The Hall–Kier alpha value is -3.08. The van der Waals surface area contributed by atoms with Crippen LogP contribution in [0, 0.1) is 0 Å². The summed E-state index contributed by atoms with van der Waals surface area (Å²) in [7, 11) is -2.06. The number of hydrogen-bond acceptors (Lipinski definition) is 7. The molecule has 3 heterocycles. The fourth-order valence-electron chi connectivity index (χ4n) is 4.47. The van der Waals surface area contributed by atoms with Crippen molar-refractivity contribution in [2.45, 2.75) is 63.4 Å². The minimum atomic E-state index is -2.06. The summed E-state index contributed by atoms with van der Waals surface area (Å²) >= 11 is 0. The molecule has 2 aromatic carbocycles. The molecular weight excluding hydrogens is 496 g/mol. The van der Waals surface area contributed by atoms with Crippen LogP contribution in [0.5, 0.6) is 0 Å². The predicted octanol–water partition coefficient (Wildman–Crippen LogP) is 5.48. The Balaban J connectivity index is 1.53. The molecule has 2 aromatic heterocycles. The van der Waals surface area contributed by atoms with Crippen LogP contribution in [0.2, 0.25) is 18.1 Å². The monoisotopic (exact) mass is 532 g/mol. The number of rotatable bonds is 7. The molecule has 9 heteroatoms. The lowest BCUT2D eigenvalue weighted by molar-refractivity contribution is -0.0488. The molecule has 4 aromatic rings. The van der Waals surface area contributed by atoms with Gasteiger partial charge in [-0.05, 0) is 35.8 Å². The molecule has 1 fully saturated rings. The minimum Gasteiger partial charge on any atom is -0.414 e. The average Bonchev–Trinajstić information content (AvgIpc) is 3.41. The standard InChI is InChI=1S/C29H36N4O4Si/c1-29(2,3)38(4,5)36-17-22-24(34)25(35)28(37-22)33-16-21(19-12-8-6-9-13-19)23-26(30-18-31-27(23)33)32-20-14-10-7-11-15-20/h6-16,18,22,24-25,28,34-35H,17H2,1-5H3,(H,30,31,32)/t22-,24+,25+,28+/m0/s1. The summed E-state index contributed by atoms with van der Waals surface area (Å²) in [6.45, 7) is 11.0. The molecule has 8 nitrogen and oxygen atoms in total. The molecule has 3 N–H and O–H groups in total. The molecule has 0 spiro atoms. The highest BCUT2D eigenvalue weighted by atomic mass is 28.4. The predicted molar refractivity (Wildman–Crippen MR) is 152 cm³/mol. The zero-order chi connectivity index (χ0) is 27.1. The second-order valence-corrected chi connectivity index (χ2v) is 16.2. The normalized spacial score (nSPS) is 22.2. The Bertz CT molecular complexity index is 1390. The molecule has 4 atom stereocenters. The Morgan fingerprint density at radius 2 is 1.63 bits per heavy atom. The molecule has 1 aliphatic rings. The van der Waals surface area contributed by atoms with E-state index in [2.05, 4.69) is 49.1 Å². The number of nitrogens with one attached hydrogen (secondary N) is 1. The molecule has 0 saturated carbocycles. The van der Waals surface area contributed by atoms with Crippen molar-refractivity contribution in [1.82, 2.24) is 14.5 Å². The van der Waals surface area contributed by atoms with Crippen LogP contribution in [0.1, 0.15) is 27.0 Å². The van der Waals surface area contributed by atoms with E-state index in [4.69, 9.17) is 9.16 Å². The molecule has 0 aliphatic carbocycles. The molecule has 0 unspecified atom stereocenters. The number of hydrogen-bond donors (Lipinski definition) is 3. The summed E-state index contributed by atoms with van der Waals surface area (Å²) in [5, 5.41) is 26.3. The Labute approximate surface area is 224 Å². The number of aromatic nitrogens is 3. The van der Waals surface area contributed by atoms with E-state index in [0.717, 1.165) is 22.2 Å². The van der Waals surface area contributed by atoms with Crippen molar-refractivity contribution in [3.8, 4) is 11.1 Å². The zero-order valence-electron chi connectivity index (χ0n) is 22.5. The first-order valence-corrected chi connectivity index (χ1v) is 15.9. The smallest absolute Gasteiger partial charge is 0.192 e. The molecule has 0 bridgehead atoms. The largest absolute Gasteiger partial charge is 0.414 e. The maximum atomic E-state index is 11.1. The third kappa shape index (κ3) is 5.00. The number of benzene rings is 2. The van der Waals surface area contributed by atoms with Crippen LogP contribution in [-0.4, -0.2) is 58.0 Å². The fraction of sp³-hybridized carbons (Fsp3) is 0.379. The number of aliphatic hydroxyl groups excluding tert-OH is 2.